The van der Waals surface area contributed by atoms with Crippen LogP contribution in [-0.4, -0.2) is 16.3 Å². The molecule has 0 saturated carbocycles. The lowest BCUT2D eigenvalue weighted by molar-refractivity contribution is 0.0960. The highest BCUT2D eigenvalue weighted by Crippen LogP contribution is 2.29. The number of ether oxygens (including phenoxy) is 2. The minimum Gasteiger partial charge on any atom is -0.456 e. The Labute approximate surface area is 160 Å². The van der Waals surface area contributed by atoms with E-state index < -0.39 is 0 Å². The summed E-state index contributed by atoms with van der Waals surface area (Å²) in [4.78, 5) is 4.00. The monoisotopic (exact) mass is 394 g/mol. The molecule has 0 amide bonds. The molecule has 0 N–H and O–H groups in total. The first-order valence-corrected chi connectivity index (χ1v) is 8.41. The van der Waals surface area contributed by atoms with E-state index in [0.29, 0.717) is 32.1 Å². The maximum atomic E-state index is 6.29. The number of hydrogen-bond donors (Lipinski definition) is 0. The Morgan fingerprint density at radius 1 is 1.08 bits per heavy atom. The number of benzene rings is 2. The summed E-state index contributed by atoms with van der Waals surface area (Å²) in [7, 11) is 0. The zero-order valence-corrected chi connectivity index (χ0v) is 15.2. The van der Waals surface area contributed by atoms with Gasteiger partial charge in [0, 0.05) is 23.0 Å². The maximum Gasteiger partial charge on any atom is 0.231 e. The highest BCUT2D eigenvalue weighted by molar-refractivity contribution is 6.35. The average Bonchev–Trinajstić information content (AvgIpc) is 3.09. The predicted octanol–water partition coefficient (Wildman–Crippen LogP) is 5.85. The molecule has 128 valence electrons. The first-order valence-electron chi connectivity index (χ1n) is 7.28. The van der Waals surface area contributed by atoms with Gasteiger partial charge >= 0.3 is 0 Å². The van der Waals surface area contributed by atoms with Gasteiger partial charge in [0.2, 0.25) is 6.79 Å². The first-order chi connectivity index (χ1) is 12.1. The third-order valence-electron chi connectivity index (χ3n) is 3.25. The molecule has 1 aromatic heterocycles. The number of hydrogen-bond acceptors (Lipinski definition) is 3. The van der Waals surface area contributed by atoms with Crippen LogP contribution in [0, 0.1) is 0 Å². The molecular formula is C18H13Cl3N2O2. The van der Waals surface area contributed by atoms with Crippen LogP contribution in [0.25, 0.3) is 12.0 Å². The topological polar surface area (TPSA) is 36.3 Å². The molecular weight excluding hydrogens is 383 g/mol. The normalized spacial score (nSPS) is 11.4. The van der Waals surface area contributed by atoms with Crippen LogP contribution < -0.4 is 4.74 Å². The summed E-state index contributed by atoms with van der Waals surface area (Å²) in [6.45, 7) is -0.0385. The van der Waals surface area contributed by atoms with Gasteiger partial charge < -0.3 is 14.0 Å². The van der Waals surface area contributed by atoms with Gasteiger partial charge in [-0.25, -0.2) is 4.98 Å². The van der Waals surface area contributed by atoms with E-state index in [1.54, 1.807) is 59.8 Å². The average molecular weight is 396 g/mol. The molecule has 3 aromatic rings. The van der Waals surface area contributed by atoms with Crippen LogP contribution in [0.15, 0.2) is 61.2 Å². The molecule has 4 nitrogen and oxygen atoms in total. The Morgan fingerprint density at radius 3 is 2.64 bits per heavy atom. The molecule has 1 heterocycles. The highest BCUT2D eigenvalue weighted by atomic mass is 35.5. The van der Waals surface area contributed by atoms with Crippen LogP contribution in [0.2, 0.25) is 15.1 Å². The Balaban J connectivity index is 1.81. The van der Waals surface area contributed by atoms with Crippen molar-refractivity contribution >= 4 is 46.8 Å². The number of halogens is 3. The van der Waals surface area contributed by atoms with E-state index in [9.17, 15) is 0 Å². The molecule has 0 aliphatic carbocycles. The van der Waals surface area contributed by atoms with Gasteiger partial charge in [0.1, 0.15) is 11.5 Å². The Morgan fingerprint density at radius 2 is 1.92 bits per heavy atom. The van der Waals surface area contributed by atoms with Gasteiger partial charge in [-0.15, -0.1) is 0 Å². The van der Waals surface area contributed by atoms with Crippen molar-refractivity contribution in [3.63, 3.8) is 0 Å². The fourth-order valence-electron chi connectivity index (χ4n) is 2.07. The number of imidazole rings is 1. The lowest BCUT2D eigenvalue weighted by atomic mass is 10.2. The summed E-state index contributed by atoms with van der Waals surface area (Å²) in [6, 6.07) is 12.3. The van der Waals surface area contributed by atoms with Crippen LogP contribution in [0.3, 0.4) is 0 Å². The molecule has 0 radical (unpaired) electrons. The molecule has 0 aliphatic rings. The fourth-order valence-corrected chi connectivity index (χ4v) is 2.77. The van der Waals surface area contributed by atoms with Crippen LogP contribution in [0.4, 0.5) is 0 Å². The van der Waals surface area contributed by atoms with Gasteiger partial charge in [-0.1, -0.05) is 46.9 Å². The predicted molar refractivity (Wildman–Crippen MR) is 101 cm³/mol. The second-order valence-corrected chi connectivity index (χ2v) is 6.22. The van der Waals surface area contributed by atoms with Gasteiger partial charge in [-0.2, -0.15) is 0 Å². The van der Waals surface area contributed by atoms with Crippen molar-refractivity contribution < 1.29 is 9.47 Å². The molecule has 3 rings (SSSR count). The lowest BCUT2D eigenvalue weighted by Crippen LogP contribution is -2.04. The molecule has 0 atom stereocenters. The molecule has 0 bridgehead atoms. The van der Waals surface area contributed by atoms with E-state index in [2.05, 4.69) is 4.98 Å². The molecule has 0 saturated heterocycles. The van der Waals surface area contributed by atoms with Gasteiger partial charge in [0.15, 0.2) is 0 Å². The number of aromatic nitrogens is 2. The molecule has 25 heavy (non-hydrogen) atoms. The van der Waals surface area contributed by atoms with Crippen LogP contribution in [-0.2, 0) is 4.74 Å². The largest absolute Gasteiger partial charge is 0.456 e. The fraction of sp³-hybridized carbons (Fsp3) is 0.0556. The summed E-state index contributed by atoms with van der Waals surface area (Å²) < 4.78 is 13.1. The molecule has 0 unspecified atom stereocenters. The van der Waals surface area contributed by atoms with Crippen LogP contribution >= 0.6 is 34.8 Å². The molecule has 0 aliphatic heterocycles. The number of para-hydroxylation sites is 1. The third-order valence-corrected chi connectivity index (χ3v) is 4.11. The first kappa shape index (κ1) is 17.7. The minimum absolute atomic E-state index is 0.0385. The third kappa shape index (κ3) is 4.69. The zero-order chi connectivity index (χ0) is 17.6. The smallest absolute Gasteiger partial charge is 0.231 e. The van der Waals surface area contributed by atoms with Gasteiger partial charge in [-0.05, 0) is 30.3 Å². The SMILES string of the molecule is Clc1ccc(C(=Cn2ccnc2)OCOc2ccccc2Cl)c(Cl)c1. The van der Waals surface area contributed by atoms with E-state index in [1.807, 2.05) is 12.1 Å². The van der Waals surface area contributed by atoms with Gasteiger partial charge in [0.05, 0.1) is 22.6 Å². The van der Waals surface area contributed by atoms with Crippen molar-refractivity contribution in [3.05, 3.63) is 81.8 Å². The maximum absolute atomic E-state index is 6.29. The molecule has 7 heteroatoms. The van der Waals surface area contributed by atoms with E-state index >= 15 is 0 Å². The Hall–Kier alpha value is -2.14. The van der Waals surface area contributed by atoms with Crippen LogP contribution in [0.5, 0.6) is 5.75 Å². The second kappa shape index (κ2) is 8.30. The summed E-state index contributed by atoms with van der Waals surface area (Å²) >= 11 is 18.3. The van der Waals surface area contributed by atoms with E-state index in [0.717, 1.165) is 0 Å². The summed E-state index contributed by atoms with van der Waals surface area (Å²) in [6.07, 6.45) is 6.83. The van der Waals surface area contributed by atoms with Crippen LogP contribution in [0.1, 0.15) is 5.56 Å². The number of nitrogens with zero attached hydrogens (tertiary/aromatic N) is 2. The Kier molecular flexibility index (Phi) is 5.87. The van der Waals surface area contributed by atoms with Crippen molar-refractivity contribution in [2.75, 3.05) is 6.79 Å². The molecule has 0 spiro atoms. The lowest BCUT2D eigenvalue weighted by Gasteiger charge is -2.14. The van der Waals surface area contributed by atoms with Crippen molar-refractivity contribution in [2.24, 2.45) is 0 Å². The van der Waals surface area contributed by atoms with E-state index in [1.165, 1.54) is 0 Å². The summed E-state index contributed by atoms with van der Waals surface area (Å²) in [5.74, 6) is 1.04. The second-order valence-electron chi connectivity index (χ2n) is 4.96. The van der Waals surface area contributed by atoms with E-state index in [-0.39, 0.29) is 6.79 Å². The van der Waals surface area contributed by atoms with Gasteiger partial charge in [0.25, 0.3) is 0 Å². The standard InChI is InChI=1S/C18H13Cl3N2O2/c19-13-5-6-14(16(21)9-13)18(10-23-8-7-22-11-23)25-12-24-17-4-2-1-3-15(17)20/h1-11H,12H2. The Bertz CT molecular complexity index is 880. The minimum atomic E-state index is -0.0385. The zero-order valence-electron chi connectivity index (χ0n) is 12.9. The van der Waals surface area contributed by atoms with Crippen molar-refractivity contribution in [1.29, 1.82) is 0 Å². The summed E-state index contributed by atoms with van der Waals surface area (Å²) in [5, 5.41) is 1.52. The molecule has 0 fully saturated rings. The van der Waals surface area contributed by atoms with Gasteiger partial charge in [-0.3, -0.25) is 0 Å². The van der Waals surface area contributed by atoms with Crippen molar-refractivity contribution in [3.8, 4) is 5.75 Å². The number of rotatable bonds is 6. The van der Waals surface area contributed by atoms with E-state index in [4.69, 9.17) is 44.3 Å². The highest BCUT2D eigenvalue weighted by Gasteiger charge is 2.10. The molecule has 2 aromatic carbocycles. The summed E-state index contributed by atoms with van der Waals surface area (Å²) in [5.41, 5.74) is 0.683. The van der Waals surface area contributed by atoms with Crippen molar-refractivity contribution in [1.82, 2.24) is 9.55 Å². The van der Waals surface area contributed by atoms with Crippen molar-refractivity contribution in [2.45, 2.75) is 0 Å². The quantitative estimate of drug-likeness (QED) is 0.388.